The maximum absolute atomic E-state index is 11.7. The van der Waals surface area contributed by atoms with Crippen LogP contribution in [0.1, 0.15) is 44.7 Å². The number of pyridine rings is 1. The fourth-order valence-corrected chi connectivity index (χ4v) is 2.39. The summed E-state index contributed by atoms with van der Waals surface area (Å²) >= 11 is 0. The van der Waals surface area contributed by atoms with E-state index in [1.54, 1.807) is 26.1 Å². The first-order valence-electron chi connectivity index (χ1n) is 7.43. The van der Waals surface area contributed by atoms with E-state index in [0.29, 0.717) is 17.9 Å². The van der Waals surface area contributed by atoms with Crippen LogP contribution in [0.4, 0.5) is 0 Å². The summed E-state index contributed by atoms with van der Waals surface area (Å²) in [5.74, 6) is -0.0447. The lowest BCUT2D eigenvalue weighted by Gasteiger charge is -2.34. The Bertz CT molecular complexity index is 505. The van der Waals surface area contributed by atoms with E-state index in [9.17, 15) is 15.0 Å². The van der Waals surface area contributed by atoms with Gasteiger partial charge in [0.2, 0.25) is 5.88 Å². The maximum atomic E-state index is 11.7. The maximum Gasteiger partial charge on any atom is 0.306 e. The highest BCUT2D eigenvalue weighted by Crippen LogP contribution is 2.29. The molecule has 0 saturated heterocycles. The molecule has 0 aromatic carbocycles. The second kappa shape index (κ2) is 8.10. The third-order valence-electron chi connectivity index (χ3n) is 3.73. The molecule has 0 saturated carbocycles. The van der Waals surface area contributed by atoms with Crippen LogP contribution in [-0.4, -0.2) is 40.0 Å². The van der Waals surface area contributed by atoms with Gasteiger partial charge in [0.1, 0.15) is 5.60 Å². The van der Waals surface area contributed by atoms with Crippen molar-refractivity contribution >= 4 is 5.97 Å². The molecule has 6 nitrogen and oxygen atoms in total. The van der Waals surface area contributed by atoms with Gasteiger partial charge in [-0.3, -0.25) is 4.79 Å². The van der Waals surface area contributed by atoms with Crippen molar-refractivity contribution in [2.24, 2.45) is 0 Å². The zero-order chi connectivity index (χ0) is 16.8. The van der Waals surface area contributed by atoms with E-state index in [1.165, 1.54) is 7.11 Å². The number of aromatic nitrogens is 1. The number of methoxy groups -OCH3 is 1. The van der Waals surface area contributed by atoms with Crippen molar-refractivity contribution < 1.29 is 24.5 Å². The minimum atomic E-state index is -1.07. The fraction of sp³-hybridized carbons (Fsp3) is 0.625. The average Bonchev–Trinajstić information content (AvgIpc) is 2.53. The molecule has 0 aliphatic rings. The van der Waals surface area contributed by atoms with Crippen molar-refractivity contribution in [3.8, 4) is 5.88 Å². The largest absolute Gasteiger partial charge is 0.481 e. The first-order chi connectivity index (χ1) is 10.4. The summed E-state index contributed by atoms with van der Waals surface area (Å²) in [6, 6.07) is 1.73. The third kappa shape index (κ3) is 4.18. The van der Waals surface area contributed by atoms with E-state index >= 15 is 0 Å². The molecule has 22 heavy (non-hydrogen) atoms. The van der Waals surface area contributed by atoms with Crippen molar-refractivity contribution in [2.45, 2.75) is 58.3 Å². The predicted molar refractivity (Wildman–Crippen MR) is 81.5 cm³/mol. The van der Waals surface area contributed by atoms with Gasteiger partial charge in [0, 0.05) is 24.6 Å². The van der Waals surface area contributed by atoms with Crippen LogP contribution in [0, 0.1) is 0 Å². The summed E-state index contributed by atoms with van der Waals surface area (Å²) in [6.45, 7) is 4.98. The lowest BCUT2D eigenvalue weighted by molar-refractivity contribution is -0.170. The van der Waals surface area contributed by atoms with Crippen LogP contribution >= 0.6 is 0 Å². The molecule has 0 radical (unpaired) electrons. The molecular weight excluding hydrogens is 286 g/mol. The van der Waals surface area contributed by atoms with Crippen molar-refractivity contribution in [1.29, 1.82) is 0 Å². The molecule has 0 bridgehead atoms. The lowest BCUT2D eigenvalue weighted by atomic mass is 9.87. The summed E-state index contributed by atoms with van der Waals surface area (Å²) in [4.78, 5) is 15.7. The second-order valence-corrected chi connectivity index (χ2v) is 5.36. The van der Waals surface area contributed by atoms with Gasteiger partial charge >= 0.3 is 5.97 Å². The molecule has 2 unspecified atom stereocenters. The Morgan fingerprint density at radius 3 is 2.64 bits per heavy atom. The van der Waals surface area contributed by atoms with Gasteiger partial charge in [0.15, 0.2) is 0 Å². The predicted octanol–water partition coefficient (Wildman–Crippen LogP) is 1.61. The Kier molecular flexibility index (Phi) is 6.77. The van der Waals surface area contributed by atoms with Crippen molar-refractivity contribution in [1.82, 2.24) is 4.98 Å². The number of hydrogen-bond donors (Lipinski definition) is 2. The van der Waals surface area contributed by atoms with Gasteiger partial charge in [0.25, 0.3) is 0 Å². The lowest BCUT2D eigenvalue weighted by Crippen LogP contribution is -2.45. The van der Waals surface area contributed by atoms with Gasteiger partial charge in [-0.1, -0.05) is 13.8 Å². The Hall–Kier alpha value is -1.66. The Balaban J connectivity index is 3.17. The molecule has 0 aliphatic carbocycles. The Labute approximate surface area is 131 Å². The van der Waals surface area contributed by atoms with E-state index in [1.807, 2.05) is 6.92 Å². The van der Waals surface area contributed by atoms with Gasteiger partial charge in [-0.05, 0) is 25.0 Å². The Morgan fingerprint density at radius 1 is 1.45 bits per heavy atom. The monoisotopic (exact) mass is 311 g/mol. The van der Waals surface area contributed by atoms with Crippen LogP contribution in [-0.2, 0) is 22.6 Å². The molecule has 0 aliphatic heterocycles. The molecule has 1 rings (SSSR count). The highest BCUT2D eigenvalue weighted by atomic mass is 16.6. The summed E-state index contributed by atoms with van der Waals surface area (Å²) in [5.41, 5.74) is 0.193. The first kappa shape index (κ1) is 18.4. The smallest absolute Gasteiger partial charge is 0.306 e. The molecule has 2 N–H and O–H groups in total. The number of ether oxygens (including phenoxy) is 2. The van der Waals surface area contributed by atoms with Crippen LogP contribution in [0.25, 0.3) is 0 Å². The van der Waals surface area contributed by atoms with Crippen molar-refractivity contribution in [2.75, 3.05) is 7.11 Å². The SMILES string of the molecule is CCC(=O)OC(C)(Cc1ccnc(OC)c1CO)C(O)CC. The summed E-state index contributed by atoms with van der Waals surface area (Å²) in [6.07, 6.45) is 1.70. The Morgan fingerprint density at radius 2 is 2.14 bits per heavy atom. The number of esters is 1. The van der Waals surface area contributed by atoms with E-state index in [2.05, 4.69) is 4.98 Å². The zero-order valence-electron chi connectivity index (χ0n) is 13.6. The quantitative estimate of drug-likeness (QED) is 0.709. The van der Waals surface area contributed by atoms with Crippen LogP contribution in [0.3, 0.4) is 0 Å². The minimum Gasteiger partial charge on any atom is -0.481 e. The highest BCUT2D eigenvalue weighted by molar-refractivity contribution is 5.69. The van der Waals surface area contributed by atoms with Crippen molar-refractivity contribution in [3.63, 3.8) is 0 Å². The van der Waals surface area contributed by atoms with E-state index in [-0.39, 0.29) is 25.4 Å². The van der Waals surface area contributed by atoms with Gasteiger partial charge < -0.3 is 19.7 Å². The third-order valence-corrected chi connectivity index (χ3v) is 3.73. The summed E-state index contributed by atoms with van der Waals surface area (Å²) < 4.78 is 10.6. The van der Waals surface area contributed by atoms with Gasteiger partial charge in [-0.15, -0.1) is 0 Å². The first-order valence-corrected chi connectivity index (χ1v) is 7.43. The minimum absolute atomic E-state index is 0.235. The second-order valence-electron chi connectivity index (χ2n) is 5.36. The molecular formula is C16H25NO5. The van der Waals surface area contributed by atoms with Gasteiger partial charge in [0.05, 0.1) is 19.8 Å². The number of aliphatic hydroxyl groups excluding tert-OH is 2. The standard InChI is InChI=1S/C16H25NO5/c1-5-13(19)16(3,22-14(20)6-2)9-11-7-8-17-15(21-4)12(11)10-18/h7-8,13,18-19H,5-6,9-10H2,1-4H3. The number of carbonyl (C=O) groups is 1. The molecule has 1 aromatic rings. The van der Waals surface area contributed by atoms with Crippen LogP contribution in [0.5, 0.6) is 5.88 Å². The van der Waals surface area contributed by atoms with Gasteiger partial charge in [-0.2, -0.15) is 0 Å². The number of aliphatic hydroxyl groups is 2. The average molecular weight is 311 g/mol. The topological polar surface area (TPSA) is 88.9 Å². The van der Waals surface area contributed by atoms with E-state index < -0.39 is 11.7 Å². The zero-order valence-corrected chi connectivity index (χ0v) is 13.6. The normalized spacial score (nSPS) is 15.0. The molecule has 1 aromatic heterocycles. The summed E-state index contributed by atoms with van der Waals surface area (Å²) in [7, 11) is 1.47. The number of rotatable bonds is 8. The van der Waals surface area contributed by atoms with Crippen LogP contribution in [0.2, 0.25) is 0 Å². The number of carbonyl (C=O) groups excluding carboxylic acids is 1. The van der Waals surface area contributed by atoms with Crippen LogP contribution in [0.15, 0.2) is 12.3 Å². The number of hydrogen-bond acceptors (Lipinski definition) is 6. The highest BCUT2D eigenvalue weighted by Gasteiger charge is 2.37. The molecule has 0 amide bonds. The fourth-order valence-electron chi connectivity index (χ4n) is 2.39. The molecule has 1 heterocycles. The molecule has 124 valence electrons. The van der Waals surface area contributed by atoms with Crippen LogP contribution < -0.4 is 4.74 Å². The van der Waals surface area contributed by atoms with Crippen molar-refractivity contribution in [3.05, 3.63) is 23.4 Å². The molecule has 6 heteroatoms. The van der Waals surface area contributed by atoms with E-state index in [0.717, 1.165) is 5.56 Å². The summed E-state index contributed by atoms with van der Waals surface area (Å²) in [5, 5.41) is 19.8. The molecule has 0 spiro atoms. The molecule has 0 fully saturated rings. The number of nitrogens with zero attached hydrogens (tertiary/aromatic N) is 1. The molecule has 2 atom stereocenters. The van der Waals surface area contributed by atoms with Gasteiger partial charge in [-0.25, -0.2) is 4.98 Å². The van der Waals surface area contributed by atoms with E-state index in [4.69, 9.17) is 9.47 Å².